The third-order valence-corrected chi connectivity index (χ3v) is 4.57. The van der Waals surface area contributed by atoms with E-state index in [2.05, 4.69) is 6.07 Å². The maximum absolute atomic E-state index is 12.1. The molecule has 1 aliphatic rings. The Morgan fingerprint density at radius 1 is 1.14 bits per heavy atom. The number of nitrogens with zero attached hydrogens (tertiary/aromatic N) is 1. The normalized spacial score (nSPS) is 15.1. The molecule has 1 aliphatic heterocycles. The molecule has 7 nitrogen and oxygen atoms in total. The average Bonchev–Trinajstić information content (AvgIpc) is 3.28. The molecule has 1 atom stereocenters. The van der Waals surface area contributed by atoms with E-state index >= 15 is 0 Å². The lowest BCUT2D eigenvalue weighted by molar-refractivity contribution is 0.0701. The first-order valence-electron chi connectivity index (χ1n) is 8.72. The number of benzene rings is 2. The fourth-order valence-corrected chi connectivity index (χ4v) is 3.19. The molecule has 2 aromatic carbocycles. The summed E-state index contributed by atoms with van der Waals surface area (Å²) in [5.74, 6) is 0.444. The maximum atomic E-state index is 12.1. The fraction of sp³-hybridized carbons (Fsp3) is 0.0909. The summed E-state index contributed by atoms with van der Waals surface area (Å²) in [5, 5.41) is 9.63. The van der Waals surface area contributed by atoms with Gasteiger partial charge in [-0.3, -0.25) is 0 Å². The zero-order chi connectivity index (χ0) is 20.4. The molecule has 0 radical (unpaired) electrons. The molecule has 3 aromatic rings. The number of nitriles is 1. The van der Waals surface area contributed by atoms with E-state index in [1.165, 1.54) is 12.3 Å². The van der Waals surface area contributed by atoms with Gasteiger partial charge in [-0.2, -0.15) is 5.26 Å². The van der Waals surface area contributed by atoms with Crippen molar-refractivity contribution in [3.63, 3.8) is 0 Å². The number of hydrogen-bond donors (Lipinski definition) is 1. The third kappa shape index (κ3) is 3.39. The third-order valence-electron chi connectivity index (χ3n) is 4.57. The van der Waals surface area contributed by atoms with E-state index in [0.29, 0.717) is 17.1 Å². The molecule has 29 heavy (non-hydrogen) atoms. The molecular weight excluding hydrogens is 372 g/mol. The number of hydrogen-bond acceptors (Lipinski definition) is 7. The first-order chi connectivity index (χ1) is 14.1. The van der Waals surface area contributed by atoms with Crippen LogP contribution in [0.5, 0.6) is 17.2 Å². The van der Waals surface area contributed by atoms with Crippen LogP contribution in [0.1, 0.15) is 27.6 Å². The van der Waals surface area contributed by atoms with Crippen LogP contribution in [-0.2, 0) is 0 Å². The number of furan rings is 1. The zero-order valence-corrected chi connectivity index (χ0v) is 15.4. The molecule has 1 aromatic heterocycles. The molecule has 0 fully saturated rings. The van der Waals surface area contributed by atoms with Crippen molar-refractivity contribution < 1.29 is 23.4 Å². The molecule has 0 amide bonds. The van der Waals surface area contributed by atoms with Crippen LogP contribution in [0, 0.1) is 11.3 Å². The minimum absolute atomic E-state index is 0.00956. The highest BCUT2D eigenvalue weighted by molar-refractivity contribution is 5.88. The Morgan fingerprint density at radius 2 is 1.90 bits per heavy atom. The first kappa shape index (κ1) is 18.2. The van der Waals surface area contributed by atoms with E-state index in [1.54, 1.807) is 31.4 Å². The number of esters is 1. The fourth-order valence-electron chi connectivity index (χ4n) is 3.19. The van der Waals surface area contributed by atoms with Gasteiger partial charge in [-0.25, -0.2) is 4.79 Å². The lowest BCUT2D eigenvalue weighted by Crippen LogP contribution is -2.21. The Bertz CT molecular complexity index is 1130. The Labute approximate surface area is 166 Å². The van der Waals surface area contributed by atoms with E-state index in [0.717, 1.165) is 11.1 Å². The van der Waals surface area contributed by atoms with Crippen molar-refractivity contribution in [3.8, 4) is 23.3 Å². The number of ether oxygens (including phenoxy) is 3. The second-order valence-corrected chi connectivity index (χ2v) is 6.26. The van der Waals surface area contributed by atoms with Crippen LogP contribution in [0.2, 0.25) is 0 Å². The average molecular weight is 388 g/mol. The van der Waals surface area contributed by atoms with Crippen molar-refractivity contribution in [1.82, 2.24) is 0 Å². The van der Waals surface area contributed by atoms with Crippen molar-refractivity contribution in [2.45, 2.75) is 5.92 Å². The summed E-state index contributed by atoms with van der Waals surface area (Å²) in [4.78, 5) is 12.1. The van der Waals surface area contributed by atoms with Crippen molar-refractivity contribution in [2.24, 2.45) is 5.73 Å². The second-order valence-electron chi connectivity index (χ2n) is 6.26. The van der Waals surface area contributed by atoms with Crippen molar-refractivity contribution in [3.05, 3.63) is 89.2 Å². The van der Waals surface area contributed by atoms with E-state index in [4.69, 9.17) is 24.4 Å². The van der Waals surface area contributed by atoms with Crippen molar-refractivity contribution in [1.29, 1.82) is 5.26 Å². The number of fused-ring (bicyclic) bond motifs is 1. The van der Waals surface area contributed by atoms with E-state index < -0.39 is 11.9 Å². The summed E-state index contributed by atoms with van der Waals surface area (Å²) in [5.41, 5.74) is 7.90. The van der Waals surface area contributed by atoms with Crippen LogP contribution in [0.3, 0.4) is 0 Å². The van der Waals surface area contributed by atoms with Gasteiger partial charge in [-0.15, -0.1) is 0 Å². The number of carbonyl (C=O) groups excluding carboxylic acids is 1. The summed E-state index contributed by atoms with van der Waals surface area (Å²) in [6.07, 6.45) is 1.39. The molecule has 0 saturated carbocycles. The van der Waals surface area contributed by atoms with Gasteiger partial charge in [0.2, 0.25) is 11.6 Å². The summed E-state index contributed by atoms with van der Waals surface area (Å²) in [6, 6.07) is 17.6. The van der Waals surface area contributed by atoms with Gasteiger partial charge in [0.25, 0.3) is 0 Å². The van der Waals surface area contributed by atoms with Crippen LogP contribution in [0.4, 0.5) is 0 Å². The summed E-state index contributed by atoms with van der Waals surface area (Å²) in [7, 11) is 1.59. The quantitative estimate of drug-likeness (QED) is 0.536. The van der Waals surface area contributed by atoms with E-state index in [-0.39, 0.29) is 17.4 Å². The van der Waals surface area contributed by atoms with E-state index in [1.807, 2.05) is 24.3 Å². The first-order valence-corrected chi connectivity index (χ1v) is 8.72. The Morgan fingerprint density at radius 3 is 2.55 bits per heavy atom. The highest BCUT2D eigenvalue weighted by Gasteiger charge is 2.31. The van der Waals surface area contributed by atoms with Crippen LogP contribution in [0.25, 0.3) is 0 Å². The van der Waals surface area contributed by atoms with Gasteiger partial charge in [0.1, 0.15) is 28.9 Å². The Kier molecular flexibility index (Phi) is 4.67. The van der Waals surface area contributed by atoms with Crippen LogP contribution in [-0.4, -0.2) is 13.1 Å². The summed E-state index contributed by atoms with van der Waals surface area (Å²) in [6.45, 7) is 0. The number of allylic oxidation sites excluding steroid dienone is 1. The van der Waals surface area contributed by atoms with Crippen molar-refractivity contribution in [2.75, 3.05) is 7.11 Å². The summed E-state index contributed by atoms with van der Waals surface area (Å²) < 4.78 is 21.2. The highest BCUT2D eigenvalue weighted by Crippen LogP contribution is 2.43. The summed E-state index contributed by atoms with van der Waals surface area (Å²) >= 11 is 0. The molecule has 2 N–H and O–H groups in total. The van der Waals surface area contributed by atoms with E-state index in [9.17, 15) is 10.1 Å². The van der Waals surface area contributed by atoms with Gasteiger partial charge >= 0.3 is 5.97 Å². The van der Waals surface area contributed by atoms with Gasteiger partial charge in [0.15, 0.2) is 0 Å². The predicted octanol–water partition coefficient (Wildman–Crippen LogP) is 3.73. The van der Waals surface area contributed by atoms with Gasteiger partial charge in [-0.05, 0) is 35.9 Å². The smallest absolute Gasteiger partial charge is 0.379 e. The number of rotatable bonds is 4. The van der Waals surface area contributed by atoms with Crippen LogP contribution >= 0.6 is 0 Å². The standard InChI is InChI=1S/C22H16N2O5/c1-26-14-6-4-13(5-7-14)20-16-9-8-15(28-22(25)18-3-2-10-27-18)11-19(16)29-21(24)17(20)12-23/h2-11,20H,24H2,1H3/t20-/m0/s1. The van der Waals surface area contributed by atoms with Crippen LogP contribution < -0.4 is 19.9 Å². The molecule has 0 aliphatic carbocycles. The molecule has 2 heterocycles. The molecule has 144 valence electrons. The second kappa shape index (κ2) is 7.44. The molecule has 0 spiro atoms. The molecular formula is C22H16N2O5. The topological polar surface area (TPSA) is 108 Å². The molecule has 4 rings (SSSR count). The molecule has 0 bridgehead atoms. The minimum atomic E-state index is -0.626. The lowest BCUT2D eigenvalue weighted by atomic mass is 9.83. The zero-order valence-electron chi connectivity index (χ0n) is 15.4. The molecule has 0 saturated heterocycles. The number of methoxy groups -OCH3 is 1. The highest BCUT2D eigenvalue weighted by atomic mass is 16.5. The largest absolute Gasteiger partial charge is 0.497 e. The monoisotopic (exact) mass is 388 g/mol. The van der Waals surface area contributed by atoms with Gasteiger partial charge in [0, 0.05) is 11.6 Å². The molecule has 0 unspecified atom stereocenters. The Balaban J connectivity index is 1.70. The predicted molar refractivity (Wildman–Crippen MR) is 102 cm³/mol. The SMILES string of the molecule is COc1ccc([C@@H]2C(C#N)=C(N)Oc3cc(OC(=O)c4ccco4)ccc32)cc1. The maximum Gasteiger partial charge on any atom is 0.379 e. The minimum Gasteiger partial charge on any atom is -0.497 e. The molecule has 7 heteroatoms. The van der Waals surface area contributed by atoms with Gasteiger partial charge in [0.05, 0.1) is 19.3 Å². The number of carbonyl (C=O) groups is 1. The Hall–Kier alpha value is -4.18. The van der Waals surface area contributed by atoms with Gasteiger partial charge in [-0.1, -0.05) is 18.2 Å². The van der Waals surface area contributed by atoms with Crippen LogP contribution in [0.15, 0.2) is 76.7 Å². The van der Waals surface area contributed by atoms with Crippen molar-refractivity contribution >= 4 is 5.97 Å². The van der Waals surface area contributed by atoms with Gasteiger partial charge < -0.3 is 24.4 Å². The number of nitrogens with two attached hydrogens (primary N) is 1. The lowest BCUT2D eigenvalue weighted by Gasteiger charge is -2.26.